The van der Waals surface area contributed by atoms with Crippen molar-refractivity contribution >= 4 is 0 Å². The number of hydrogen-bond acceptors (Lipinski definition) is 2. The van der Waals surface area contributed by atoms with Crippen molar-refractivity contribution < 1.29 is 0 Å². The fraction of sp³-hybridized carbons (Fsp3) is 0.0526. The number of hydrazine groups is 1. The van der Waals surface area contributed by atoms with E-state index < -0.39 is 0 Å². The smallest absolute Gasteiger partial charge is 0.0710 e. The molecule has 1 atom stereocenters. The van der Waals surface area contributed by atoms with Crippen molar-refractivity contribution in [2.75, 3.05) is 0 Å². The Balaban J connectivity index is 1.99. The summed E-state index contributed by atoms with van der Waals surface area (Å²) in [5, 5.41) is 0. The zero-order valence-electron chi connectivity index (χ0n) is 11.7. The molecule has 3 aromatic carbocycles. The molecule has 0 aromatic heterocycles. The van der Waals surface area contributed by atoms with E-state index in [4.69, 9.17) is 5.84 Å². The van der Waals surface area contributed by atoms with Crippen LogP contribution in [-0.2, 0) is 0 Å². The lowest BCUT2D eigenvalue weighted by molar-refractivity contribution is 0.637. The molecule has 0 saturated heterocycles. The summed E-state index contributed by atoms with van der Waals surface area (Å²) in [6.07, 6.45) is 0. The first kappa shape index (κ1) is 13.6. The lowest BCUT2D eigenvalue weighted by atomic mass is 9.95. The van der Waals surface area contributed by atoms with E-state index in [0.717, 1.165) is 11.1 Å². The van der Waals surface area contributed by atoms with E-state index in [1.165, 1.54) is 11.1 Å². The van der Waals surface area contributed by atoms with Gasteiger partial charge in [0.25, 0.3) is 0 Å². The number of benzene rings is 3. The Bertz CT molecular complexity index is 693. The average molecular weight is 274 g/mol. The van der Waals surface area contributed by atoms with Crippen LogP contribution in [0.3, 0.4) is 0 Å². The highest BCUT2D eigenvalue weighted by atomic mass is 15.2. The van der Waals surface area contributed by atoms with Crippen molar-refractivity contribution in [3.8, 4) is 11.1 Å². The monoisotopic (exact) mass is 274 g/mol. The molecule has 0 saturated carbocycles. The van der Waals surface area contributed by atoms with Crippen LogP contribution in [0.4, 0.5) is 0 Å². The second-order valence-electron chi connectivity index (χ2n) is 5.00. The Morgan fingerprint density at radius 1 is 0.619 bits per heavy atom. The molecular weight excluding hydrogens is 256 g/mol. The van der Waals surface area contributed by atoms with Crippen molar-refractivity contribution in [2.24, 2.45) is 5.84 Å². The molecule has 0 radical (unpaired) electrons. The van der Waals surface area contributed by atoms with Crippen LogP contribution in [0, 0.1) is 0 Å². The summed E-state index contributed by atoms with van der Waals surface area (Å²) in [6.45, 7) is 0. The van der Waals surface area contributed by atoms with Gasteiger partial charge in [0.15, 0.2) is 0 Å². The standard InChI is InChI=1S/C19H18N2/c20-21-19(16-10-5-2-6-11-16)18-13-7-12-17(14-18)15-8-3-1-4-9-15/h1-14,19,21H,20H2. The van der Waals surface area contributed by atoms with Crippen molar-refractivity contribution in [1.82, 2.24) is 5.43 Å². The van der Waals surface area contributed by atoms with Crippen LogP contribution in [0.25, 0.3) is 11.1 Å². The molecule has 1 unspecified atom stereocenters. The van der Waals surface area contributed by atoms with E-state index in [1.54, 1.807) is 0 Å². The Morgan fingerprint density at radius 2 is 1.19 bits per heavy atom. The molecule has 0 heterocycles. The average Bonchev–Trinajstić information content (AvgIpc) is 2.58. The van der Waals surface area contributed by atoms with E-state index in [1.807, 2.05) is 24.3 Å². The zero-order valence-corrected chi connectivity index (χ0v) is 11.7. The van der Waals surface area contributed by atoms with Gasteiger partial charge in [-0.15, -0.1) is 0 Å². The molecule has 21 heavy (non-hydrogen) atoms. The number of rotatable bonds is 4. The summed E-state index contributed by atoms with van der Waals surface area (Å²) < 4.78 is 0. The molecule has 3 rings (SSSR count). The van der Waals surface area contributed by atoms with Crippen LogP contribution in [-0.4, -0.2) is 0 Å². The molecule has 0 spiro atoms. The molecule has 0 aliphatic heterocycles. The number of hydrogen-bond donors (Lipinski definition) is 2. The SMILES string of the molecule is NNC(c1ccccc1)c1cccc(-c2ccccc2)c1. The summed E-state index contributed by atoms with van der Waals surface area (Å²) in [7, 11) is 0. The van der Waals surface area contributed by atoms with Crippen LogP contribution in [0.2, 0.25) is 0 Å². The van der Waals surface area contributed by atoms with Gasteiger partial charge in [-0.05, 0) is 28.3 Å². The second-order valence-corrected chi connectivity index (χ2v) is 5.00. The fourth-order valence-corrected chi connectivity index (χ4v) is 2.56. The third-order valence-electron chi connectivity index (χ3n) is 3.63. The fourth-order valence-electron chi connectivity index (χ4n) is 2.56. The predicted molar refractivity (Wildman–Crippen MR) is 87.5 cm³/mol. The maximum Gasteiger partial charge on any atom is 0.0710 e. The molecule has 0 aliphatic carbocycles. The minimum Gasteiger partial charge on any atom is -0.271 e. The normalized spacial score (nSPS) is 12.0. The third kappa shape index (κ3) is 3.02. The van der Waals surface area contributed by atoms with Crippen LogP contribution >= 0.6 is 0 Å². The summed E-state index contributed by atoms with van der Waals surface area (Å²) in [4.78, 5) is 0. The van der Waals surface area contributed by atoms with E-state index in [0.29, 0.717) is 0 Å². The molecule has 3 aromatic rings. The maximum atomic E-state index is 5.78. The molecular formula is C19H18N2. The Kier molecular flexibility index (Phi) is 4.10. The highest BCUT2D eigenvalue weighted by Crippen LogP contribution is 2.26. The van der Waals surface area contributed by atoms with Crippen molar-refractivity contribution in [3.05, 3.63) is 96.1 Å². The zero-order chi connectivity index (χ0) is 14.5. The van der Waals surface area contributed by atoms with Crippen LogP contribution in [0.1, 0.15) is 17.2 Å². The maximum absolute atomic E-state index is 5.78. The van der Waals surface area contributed by atoms with Gasteiger partial charge in [-0.2, -0.15) is 0 Å². The summed E-state index contributed by atoms with van der Waals surface area (Å²) in [6, 6.07) is 29.1. The quantitative estimate of drug-likeness (QED) is 0.559. The van der Waals surface area contributed by atoms with Gasteiger partial charge in [-0.1, -0.05) is 78.9 Å². The van der Waals surface area contributed by atoms with Crippen LogP contribution < -0.4 is 11.3 Å². The molecule has 2 nitrogen and oxygen atoms in total. The minimum absolute atomic E-state index is 0.00476. The molecule has 0 bridgehead atoms. The van der Waals surface area contributed by atoms with Crippen molar-refractivity contribution in [2.45, 2.75) is 6.04 Å². The van der Waals surface area contributed by atoms with Gasteiger partial charge in [-0.25, -0.2) is 5.43 Å². The number of nitrogens with one attached hydrogen (secondary N) is 1. The molecule has 2 heteroatoms. The minimum atomic E-state index is -0.00476. The highest BCUT2D eigenvalue weighted by Gasteiger charge is 2.12. The highest BCUT2D eigenvalue weighted by molar-refractivity contribution is 5.64. The largest absolute Gasteiger partial charge is 0.271 e. The van der Waals surface area contributed by atoms with Crippen LogP contribution in [0.15, 0.2) is 84.9 Å². The van der Waals surface area contributed by atoms with Gasteiger partial charge in [-0.3, -0.25) is 5.84 Å². The van der Waals surface area contributed by atoms with Gasteiger partial charge < -0.3 is 0 Å². The molecule has 0 fully saturated rings. The predicted octanol–water partition coefficient (Wildman–Crippen LogP) is 3.91. The summed E-state index contributed by atoms with van der Waals surface area (Å²) >= 11 is 0. The Labute approximate surface area is 125 Å². The van der Waals surface area contributed by atoms with Crippen molar-refractivity contribution in [3.63, 3.8) is 0 Å². The first-order valence-electron chi connectivity index (χ1n) is 7.05. The third-order valence-corrected chi connectivity index (χ3v) is 3.63. The molecule has 0 amide bonds. The van der Waals surface area contributed by atoms with Gasteiger partial charge in [0, 0.05) is 0 Å². The van der Waals surface area contributed by atoms with Gasteiger partial charge in [0.2, 0.25) is 0 Å². The van der Waals surface area contributed by atoms with E-state index >= 15 is 0 Å². The topological polar surface area (TPSA) is 38.0 Å². The lowest BCUT2D eigenvalue weighted by Gasteiger charge is -2.17. The van der Waals surface area contributed by atoms with Crippen LogP contribution in [0.5, 0.6) is 0 Å². The molecule has 0 aliphatic rings. The van der Waals surface area contributed by atoms with Gasteiger partial charge in [0.05, 0.1) is 6.04 Å². The first-order chi connectivity index (χ1) is 10.4. The van der Waals surface area contributed by atoms with E-state index in [2.05, 4.69) is 66.1 Å². The lowest BCUT2D eigenvalue weighted by Crippen LogP contribution is -2.28. The van der Waals surface area contributed by atoms with E-state index in [-0.39, 0.29) is 6.04 Å². The van der Waals surface area contributed by atoms with E-state index in [9.17, 15) is 0 Å². The second kappa shape index (κ2) is 6.35. The van der Waals surface area contributed by atoms with Gasteiger partial charge >= 0.3 is 0 Å². The summed E-state index contributed by atoms with van der Waals surface area (Å²) in [5.74, 6) is 5.78. The molecule has 3 N–H and O–H groups in total. The molecule has 104 valence electrons. The Morgan fingerprint density at radius 3 is 1.86 bits per heavy atom. The number of nitrogens with two attached hydrogens (primary N) is 1. The summed E-state index contributed by atoms with van der Waals surface area (Å²) in [5.41, 5.74) is 7.64. The first-order valence-corrected chi connectivity index (χ1v) is 7.05. The van der Waals surface area contributed by atoms with Gasteiger partial charge in [0.1, 0.15) is 0 Å². The van der Waals surface area contributed by atoms with Crippen molar-refractivity contribution in [1.29, 1.82) is 0 Å². The Hall–Kier alpha value is -2.42.